The Morgan fingerprint density at radius 3 is 2.60 bits per heavy atom. The summed E-state index contributed by atoms with van der Waals surface area (Å²) in [6.45, 7) is 0. The molecule has 0 radical (unpaired) electrons. The quantitative estimate of drug-likeness (QED) is 0.887. The van der Waals surface area contributed by atoms with Crippen LogP contribution >= 0.6 is 0 Å². The highest BCUT2D eigenvalue weighted by Crippen LogP contribution is 2.40. The van der Waals surface area contributed by atoms with Gasteiger partial charge in [-0.3, -0.25) is 4.98 Å². The first-order valence-electron chi connectivity index (χ1n) is 7.51. The molecule has 1 heterocycles. The number of rotatable bonds is 5. The number of hydrogen-bond donors (Lipinski definition) is 1. The first-order valence-corrected chi connectivity index (χ1v) is 7.51. The number of hydrogen-bond acceptors (Lipinski definition) is 2. The lowest BCUT2D eigenvalue weighted by atomic mass is 9.77. The number of aliphatic hydroxyl groups is 1. The van der Waals surface area contributed by atoms with E-state index in [4.69, 9.17) is 0 Å². The molecule has 2 aromatic rings. The topological polar surface area (TPSA) is 33.1 Å². The van der Waals surface area contributed by atoms with Gasteiger partial charge in [0.15, 0.2) is 0 Å². The Labute approximate surface area is 120 Å². The van der Waals surface area contributed by atoms with Crippen molar-refractivity contribution < 1.29 is 5.11 Å². The maximum Gasteiger partial charge on any atom is 0.0796 e. The second-order valence-electron chi connectivity index (χ2n) is 5.63. The van der Waals surface area contributed by atoms with Crippen LogP contribution in [0.2, 0.25) is 0 Å². The van der Waals surface area contributed by atoms with Gasteiger partial charge in [0.2, 0.25) is 0 Å². The summed E-state index contributed by atoms with van der Waals surface area (Å²) in [4.78, 5) is 4.32. The molecule has 20 heavy (non-hydrogen) atoms. The Kier molecular flexibility index (Phi) is 4.12. The lowest BCUT2D eigenvalue weighted by Gasteiger charge is -2.29. The largest absolute Gasteiger partial charge is 0.388 e. The summed E-state index contributed by atoms with van der Waals surface area (Å²) >= 11 is 0. The predicted octanol–water partition coefficient (Wildman–Crippen LogP) is 4.02. The molecule has 1 aromatic heterocycles. The first kappa shape index (κ1) is 13.3. The SMILES string of the molecule is OC(CCc1ccccn1)c1ccccc1C1CCC1. The second-order valence-corrected chi connectivity index (χ2v) is 5.63. The molecule has 1 aliphatic carbocycles. The lowest BCUT2D eigenvalue weighted by Crippen LogP contribution is -2.13. The average Bonchev–Trinajstić information content (AvgIpc) is 2.45. The van der Waals surface area contributed by atoms with Crippen LogP contribution in [0.5, 0.6) is 0 Å². The Hall–Kier alpha value is -1.67. The van der Waals surface area contributed by atoms with Crippen LogP contribution in [0.3, 0.4) is 0 Å². The van der Waals surface area contributed by atoms with Crippen molar-refractivity contribution in [3.63, 3.8) is 0 Å². The van der Waals surface area contributed by atoms with Crippen molar-refractivity contribution in [2.24, 2.45) is 0 Å². The third-order valence-electron chi connectivity index (χ3n) is 4.30. The van der Waals surface area contributed by atoms with Gasteiger partial charge in [-0.1, -0.05) is 36.8 Å². The van der Waals surface area contributed by atoms with Crippen LogP contribution in [-0.2, 0) is 6.42 Å². The third-order valence-corrected chi connectivity index (χ3v) is 4.30. The van der Waals surface area contributed by atoms with Crippen molar-refractivity contribution in [2.45, 2.75) is 44.1 Å². The van der Waals surface area contributed by atoms with Gasteiger partial charge in [-0.15, -0.1) is 0 Å². The van der Waals surface area contributed by atoms with Crippen molar-refractivity contribution in [3.8, 4) is 0 Å². The molecule has 2 heteroatoms. The van der Waals surface area contributed by atoms with E-state index in [0.717, 1.165) is 24.1 Å². The van der Waals surface area contributed by atoms with Crippen LogP contribution in [-0.4, -0.2) is 10.1 Å². The van der Waals surface area contributed by atoms with Gasteiger partial charge in [0.05, 0.1) is 6.10 Å². The molecular weight excluding hydrogens is 246 g/mol. The maximum atomic E-state index is 10.5. The molecule has 0 aliphatic heterocycles. The van der Waals surface area contributed by atoms with Crippen molar-refractivity contribution in [2.75, 3.05) is 0 Å². The molecule has 1 aliphatic rings. The number of aromatic nitrogens is 1. The van der Waals surface area contributed by atoms with E-state index in [2.05, 4.69) is 23.2 Å². The molecule has 1 atom stereocenters. The summed E-state index contributed by atoms with van der Waals surface area (Å²) in [5, 5.41) is 10.5. The van der Waals surface area contributed by atoms with Gasteiger partial charge < -0.3 is 5.11 Å². The highest BCUT2D eigenvalue weighted by Gasteiger charge is 2.24. The molecule has 104 valence electrons. The van der Waals surface area contributed by atoms with Crippen LogP contribution < -0.4 is 0 Å². The third kappa shape index (κ3) is 2.91. The van der Waals surface area contributed by atoms with Crippen molar-refractivity contribution >= 4 is 0 Å². The summed E-state index contributed by atoms with van der Waals surface area (Å²) in [5.74, 6) is 0.663. The fourth-order valence-electron chi connectivity index (χ4n) is 2.89. The zero-order valence-corrected chi connectivity index (χ0v) is 11.7. The molecule has 1 aromatic carbocycles. The predicted molar refractivity (Wildman–Crippen MR) is 80.6 cm³/mol. The Morgan fingerprint density at radius 2 is 1.90 bits per heavy atom. The van der Waals surface area contributed by atoms with E-state index in [9.17, 15) is 5.11 Å². The molecule has 1 N–H and O–H groups in total. The number of aliphatic hydroxyl groups excluding tert-OH is 1. The van der Waals surface area contributed by atoms with Gasteiger partial charge in [-0.25, -0.2) is 0 Å². The first-order chi connectivity index (χ1) is 9.84. The van der Waals surface area contributed by atoms with Gasteiger partial charge in [-0.2, -0.15) is 0 Å². The molecule has 1 saturated carbocycles. The molecular formula is C18H21NO. The van der Waals surface area contributed by atoms with Crippen LogP contribution in [0.4, 0.5) is 0 Å². The normalized spacial score (nSPS) is 16.6. The summed E-state index contributed by atoms with van der Waals surface area (Å²) in [5.41, 5.74) is 3.52. The standard InChI is InChI=1S/C18H21NO/c20-18(12-11-15-8-3-4-13-19-15)17-10-2-1-9-16(17)14-6-5-7-14/h1-4,8-10,13-14,18,20H,5-7,11-12H2. The zero-order valence-electron chi connectivity index (χ0n) is 11.7. The van der Waals surface area contributed by atoms with Gasteiger partial charge in [0, 0.05) is 11.9 Å². The second kappa shape index (κ2) is 6.19. The molecule has 1 fully saturated rings. The van der Waals surface area contributed by atoms with E-state index in [0.29, 0.717) is 5.92 Å². The van der Waals surface area contributed by atoms with Gasteiger partial charge in [0.25, 0.3) is 0 Å². The van der Waals surface area contributed by atoms with Crippen LogP contribution in [0.15, 0.2) is 48.7 Å². The van der Waals surface area contributed by atoms with Crippen LogP contribution in [0.1, 0.15) is 54.5 Å². The van der Waals surface area contributed by atoms with Crippen molar-refractivity contribution in [3.05, 3.63) is 65.5 Å². The van der Waals surface area contributed by atoms with Crippen LogP contribution in [0.25, 0.3) is 0 Å². The fraction of sp³-hybridized carbons (Fsp3) is 0.389. The summed E-state index contributed by atoms with van der Waals surface area (Å²) in [6.07, 6.45) is 6.84. The smallest absolute Gasteiger partial charge is 0.0796 e. The average molecular weight is 267 g/mol. The minimum atomic E-state index is -0.381. The van der Waals surface area contributed by atoms with Gasteiger partial charge in [-0.05, 0) is 54.9 Å². The van der Waals surface area contributed by atoms with E-state index in [1.54, 1.807) is 0 Å². The number of pyridine rings is 1. The van der Waals surface area contributed by atoms with Gasteiger partial charge in [0.1, 0.15) is 0 Å². The zero-order chi connectivity index (χ0) is 13.8. The summed E-state index contributed by atoms with van der Waals surface area (Å²) < 4.78 is 0. The molecule has 3 rings (SSSR count). The highest BCUT2D eigenvalue weighted by atomic mass is 16.3. The molecule has 1 unspecified atom stereocenters. The van der Waals surface area contributed by atoms with E-state index in [1.807, 2.05) is 30.5 Å². The molecule has 0 bridgehead atoms. The highest BCUT2D eigenvalue weighted by molar-refractivity contribution is 5.33. The molecule has 2 nitrogen and oxygen atoms in total. The summed E-state index contributed by atoms with van der Waals surface area (Å²) in [7, 11) is 0. The summed E-state index contributed by atoms with van der Waals surface area (Å²) in [6, 6.07) is 14.3. The van der Waals surface area contributed by atoms with E-state index in [1.165, 1.54) is 24.8 Å². The van der Waals surface area contributed by atoms with Crippen molar-refractivity contribution in [1.29, 1.82) is 0 Å². The Bertz CT molecular complexity index is 548. The molecule has 0 amide bonds. The van der Waals surface area contributed by atoms with E-state index in [-0.39, 0.29) is 6.10 Å². The lowest BCUT2D eigenvalue weighted by molar-refractivity contribution is 0.165. The molecule has 0 spiro atoms. The van der Waals surface area contributed by atoms with Crippen LogP contribution in [0, 0.1) is 0 Å². The maximum absolute atomic E-state index is 10.5. The number of benzene rings is 1. The Morgan fingerprint density at radius 1 is 1.10 bits per heavy atom. The fourth-order valence-corrected chi connectivity index (χ4v) is 2.89. The van der Waals surface area contributed by atoms with E-state index < -0.39 is 0 Å². The van der Waals surface area contributed by atoms with Crippen molar-refractivity contribution in [1.82, 2.24) is 4.98 Å². The minimum Gasteiger partial charge on any atom is -0.388 e. The number of aryl methyl sites for hydroxylation is 1. The minimum absolute atomic E-state index is 0.381. The molecule has 0 saturated heterocycles. The Balaban J connectivity index is 1.69. The number of nitrogens with zero attached hydrogens (tertiary/aromatic N) is 1. The van der Waals surface area contributed by atoms with Gasteiger partial charge >= 0.3 is 0 Å². The monoisotopic (exact) mass is 267 g/mol. The van der Waals surface area contributed by atoms with E-state index >= 15 is 0 Å².